The van der Waals surface area contributed by atoms with Gasteiger partial charge in [0.2, 0.25) is 11.8 Å². The summed E-state index contributed by atoms with van der Waals surface area (Å²) in [5, 5.41) is 5.58. The van der Waals surface area contributed by atoms with E-state index in [-0.39, 0.29) is 18.7 Å². The van der Waals surface area contributed by atoms with Crippen molar-refractivity contribution in [3.05, 3.63) is 28.8 Å². The van der Waals surface area contributed by atoms with Crippen LogP contribution < -0.4 is 15.5 Å². The molecule has 2 fully saturated rings. The van der Waals surface area contributed by atoms with E-state index in [1.807, 2.05) is 6.07 Å². The number of nitrogens with zero attached hydrogens (tertiary/aromatic N) is 2. The van der Waals surface area contributed by atoms with Crippen molar-refractivity contribution in [3.63, 3.8) is 0 Å². The fourth-order valence-corrected chi connectivity index (χ4v) is 4.60. The van der Waals surface area contributed by atoms with Crippen molar-refractivity contribution in [1.82, 2.24) is 15.5 Å². The molecule has 2 N–H and O–H groups in total. The largest absolute Gasteiger partial charge is 0.368 e. The zero-order valence-electron chi connectivity index (χ0n) is 17.3. The molecule has 3 aliphatic heterocycles. The highest BCUT2D eigenvalue weighted by molar-refractivity contribution is 6.25. The lowest BCUT2D eigenvalue weighted by molar-refractivity contribution is -0.136. The van der Waals surface area contributed by atoms with E-state index in [1.54, 1.807) is 6.07 Å². The smallest absolute Gasteiger partial charge is 0.264 e. The zero-order chi connectivity index (χ0) is 21.3. The Labute approximate surface area is 176 Å². The topological polar surface area (TPSA) is 98.8 Å². The van der Waals surface area contributed by atoms with Gasteiger partial charge >= 0.3 is 0 Å². The molecule has 1 aromatic carbocycles. The summed E-state index contributed by atoms with van der Waals surface area (Å²) < 4.78 is 0. The SMILES string of the molecule is CCCCCc1ccc2c(c1N1CCNCC1)C(=O)N(C1CCC(=O)NC1=O)C2=O. The van der Waals surface area contributed by atoms with Crippen molar-refractivity contribution >= 4 is 29.3 Å². The van der Waals surface area contributed by atoms with Crippen molar-refractivity contribution in [2.24, 2.45) is 0 Å². The third-order valence-electron chi connectivity index (χ3n) is 6.15. The van der Waals surface area contributed by atoms with Gasteiger partial charge in [0, 0.05) is 32.6 Å². The molecule has 0 aliphatic carbocycles. The van der Waals surface area contributed by atoms with E-state index in [0.29, 0.717) is 11.1 Å². The fourth-order valence-electron chi connectivity index (χ4n) is 4.60. The Hall–Kier alpha value is -2.74. The van der Waals surface area contributed by atoms with Crippen LogP contribution in [0.15, 0.2) is 12.1 Å². The van der Waals surface area contributed by atoms with E-state index in [9.17, 15) is 19.2 Å². The molecule has 2 saturated heterocycles. The number of imide groups is 2. The molecule has 1 atom stereocenters. The van der Waals surface area contributed by atoms with Gasteiger partial charge in [-0.25, -0.2) is 0 Å². The van der Waals surface area contributed by atoms with Crippen LogP contribution in [0.5, 0.6) is 0 Å². The van der Waals surface area contributed by atoms with Crippen molar-refractivity contribution < 1.29 is 19.2 Å². The summed E-state index contributed by atoms with van der Waals surface area (Å²) in [7, 11) is 0. The van der Waals surface area contributed by atoms with Gasteiger partial charge in [0.1, 0.15) is 6.04 Å². The molecule has 0 saturated carbocycles. The normalized spacial score (nSPS) is 21.8. The van der Waals surface area contributed by atoms with E-state index >= 15 is 0 Å². The molecule has 0 bridgehead atoms. The maximum absolute atomic E-state index is 13.5. The number of unbranched alkanes of at least 4 members (excludes halogenated alkanes) is 2. The number of piperidine rings is 1. The summed E-state index contributed by atoms with van der Waals surface area (Å²) in [4.78, 5) is 53.8. The van der Waals surface area contributed by atoms with Gasteiger partial charge in [-0.1, -0.05) is 25.8 Å². The van der Waals surface area contributed by atoms with Gasteiger partial charge in [0.15, 0.2) is 0 Å². The average molecular weight is 412 g/mol. The standard InChI is InChI=1S/C22H28N4O4/c1-2-3-4-5-14-6-7-15-18(19(14)25-12-10-23-11-13-25)22(30)26(21(15)29)16-8-9-17(27)24-20(16)28/h6-7,16,23H,2-5,8-13H2,1H3,(H,24,27,28). The number of carbonyl (C=O) groups is 4. The third kappa shape index (κ3) is 3.60. The fraction of sp³-hybridized carbons (Fsp3) is 0.545. The number of nitrogens with one attached hydrogen (secondary N) is 2. The summed E-state index contributed by atoms with van der Waals surface area (Å²) in [6.45, 7) is 5.31. The van der Waals surface area contributed by atoms with Gasteiger partial charge < -0.3 is 10.2 Å². The van der Waals surface area contributed by atoms with Crippen LogP contribution in [0, 0.1) is 0 Å². The van der Waals surface area contributed by atoms with Crippen molar-refractivity contribution in [2.45, 2.75) is 51.5 Å². The Morgan fingerprint density at radius 3 is 2.50 bits per heavy atom. The first-order valence-electron chi connectivity index (χ1n) is 10.9. The maximum atomic E-state index is 13.5. The molecule has 0 aromatic heterocycles. The molecular weight excluding hydrogens is 384 g/mol. The predicted octanol–water partition coefficient (Wildman–Crippen LogP) is 1.23. The Morgan fingerprint density at radius 1 is 1.03 bits per heavy atom. The second-order valence-electron chi connectivity index (χ2n) is 8.14. The zero-order valence-corrected chi connectivity index (χ0v) is 17.3. The molecular formula is C22H28N4O4. The Balaban J connectivity index is 1.73. The van der Waals surface area contributed by atoms with Crippen LogP contribution in [0.2, 0.25) is 0 Å². The predicted molar refractivity (Wildman–Crippen MR) is 111 cm³/mol. The molecule has 1 unspecified atom stereocenters. The molecule has 4 amide bonds. The van der Waals surface area contributed by atoms with Crippen LogP contribution in [-0.2, 0) is 16.0 Å². The van der Waals surface area contributed by atoms with Crippen molar-refractivity contribution in [2.75, 3.05) is 31.1 Å². The quantitative estimate of drug-likeness (QED) is 0.539. The van der Waals surface area contributed by atoms with Crippen LogP contribution in [-0.4, -0.2) is 60.7 Å². The number of piperazine rings is 1. The summed E-state index contributed by atoms with van der Waals surface area (Å²) in [6.07, 6.45) is 4.37. The van der Waals surface area contributed by atoms with Gasteiger partial charge in [-0.05, 0) is 30.9 Å². The molecule has 0 spiro atoms. The number of hydrogen-bond donors (Lipinski definition) is 2. The second-order valence-corrected chi connectivity index (χ2v) is 8.14. The number of rotatable bonds is 6. The first-order valence-corrected chi connectivity index (χ1v) is 10.9. The second kappa shape index (κ2) is 8.55. The first kappa shape index (κ1) is 20.5. The summed E-state index contributed by atoms with van der Waals surface area (Å²) >= 11 is 0. The highest BCUT2D eigenvalue weighted by Crippen LogP contribution is 2.37. The molecule has 8 nitrogen and oxygen atoms in total. The number of aryl methyl sites for hydroxylation is 1. The first-order chi connectivity index (χ1) is 14.5. The van der Waals surface area contributed by atoms with Gasteiger partial charge in [0.05, 0.1) is 16.8 Å². The summed E-state index contributed by atoms with van der Waals surface area (Å²) in [6, 6.07) is 2.76. The van der Waals surface area contributed by atoms with Gasteiger partial charge in [0.25, 0.3) is 11.8 Å². The number of carbonyl (C=O) groups excluding carboxylic acids is 4. The highest BCUT2D eigenvalue weighted by Gasteiger charge is 2.46. The van der Waals surface area contributed by atoms with Crippen LogP contribution in [0.1, 0.15) is 65.3 Å². The van der Waals surface area contributed by atoms with Crippen LogP contribution in [0.25, 0.3) is 0 Å². The van der Waals surface area contributed by atoms with E-state index in [0.717, 1.165) is 68.0 Å². The van der Waals surface area contributed by atoms with Crippen LogP contribution in [0.3, 0.4) is 0 Å². The van der Waals surface area contributed by atoms with E-state index in [4.69, 9.17) is 0 Å². The monoisotopic (exact) mass is 412 g/mol. The minimum absolute atomic E-state index is 0.122. The molecule has 8 heteroatoms. The van der Waals surface area contributed by atoms with Crippen molar-refractivity contribution in [3.8, 4) is 0 Å². The number of anilines is 1. The van der Waals surface area contributed by atoms with E-state index in [1.165, 1.54) is 0 Å². The van der Waals surface area contributed by atoms with Crippen LogP contribution >= 0.6 is 0 Å². The number of hydrogen-bond acceptors (Lipinski definition) is 6. The lowest BCUT2D eigenvalue weighted by atomic mass is 9.97. The number of fused-ring (bicyclic) bond motifs is 1. The van der Waals surface area contributed by atoms with Crippen molar-refractivity contribution in [1.29, 1.82) is 0 Å². The van der Waals surface area contributed by atoms with Crippen LogP contribution in [0.4, 0.5) is 5.69 Å². The Kier molecular flexibility index (Phi) is 5.85. The average Bonchev–Trinajstić information content (AvgIpc) is 2.99. The number of benzene rings is 1. The van der Waals surface area contributed by atoms with Gasteiger partial charge in [-0.3, -0.25) is 29.4 Å². The Morgan fingerprint density at radius 2 is 1.80 bits per heavy atom. The summed E-state index contributed by atoms with van der Waals surface area (Å²) in [5.74, 6) is -1.81. The number of amides is 4. The molecule has 0 radical (unpaired) electrons. The minimum Gasteiger partial charge on any atom is -0.368 e. The third-order valence-corrected chi connectivity index (χ3v) is 6.15. The molecule has 1 aromatic rings. The lowest BCUT2D eigenvalue weighted by Gasteiger charge is -2.33. The maximum Gasteiger partial charge on any atom is 0.264 e. The van der Waals surface area contributed by atoms with Gasteiger partial charge in [-0.15, -0.1) is 0 Å². The molecule has 160 valence electrons. The Bertz CT molecular complexity index is 891. The summed E-state index contributed by atoms with van der Waals surface area (Å²) in [5.41, 5.74) is 2.70. The molecule has 3 heterocycles. The molecule has 4 rings (SSSR count). The highest BCUT2D eigenvalue weighted by atomic mass is 16.2. The molecule has 3 aliphatic rings. The van der Waals surface area contributed by atoms with E-state index < -0.39 is 23.8 Å². The van der Waals surface area contributed by atoms with Gasteiger partial charge in [-0.2, -0.15) is 0 Å². The van der Waals surface area contributed by atoms with E-state index in [2.05, 4.69) is 22.5 Å². The minimum atomic E-state index is -0.936. The molecule has 30 heavy (non-hydrogen) atoms. The lowest BCUT2D eigenvalue weighted by Crippen LogP contribution is -2.54.